The number of aliphatic hydroxyl groups excluding tert-OH is 1. The second-order valence-electron chi connectivity index (χ2n) is 12.0. The van der Waals surface area contributed by atoms with Gasteiger partial charge in [-0.05, 0) is 30.3 Å². The quantitative estimate of drug-likeness (QED) is 0.345. The van der Waals surface area contributed by atoms with Gasteiger partial charge in [-0.25, -0.2) is 0 Å². The summed E-state index contributed by atoms with van der Waals surface area (Å²) in [5, 5.41) is 24.4. The van der Waals surface area contributed by atoms with Gasteiger partial charge in [-0.1, -0.05) is 26.8 Å². The summed E-state index contributed by atoms with van der Waals surface area (Å²) in [6.07, 6.45) is -1.44. The minimum absolute atomic E-state index is 0.149. The van der Waals surface area contributed by atoms with Crippen LogP contribution in [0.1, 0.15) is 60.3 Å². The van der Waals surface area contributed by atoms with E-state index in [1.54, 1.807) is 0 Å². The number of esters is 3. The third kappa shape index (κ3) is 2.89. The van der Waals surface area contributed by atoms with Crippen LogP contribution in [-0.4, -0.2) is 64.9 Å². The fraction of sp³-hybridized carbons (Fsp3) is 0.808. The Kier molecular flexibility index (Phi) is 5.31. The SMILES string of the molecule is C=C1C2C[C@H](OC(C)=O)C3[C@]45CCCC(C)(C)C4[C@H](OC(C)=O)[C@](O)(OC5)[C@@]3([C@@H]1OC(C)=O)[C@@H]2O. The van der Waals surface area contributed by atoms with E-state index < -0.39 is 70.8 Å². The maximum atomic E-state index is 12.6. The average Bonchev–Trinajstić information content (AvgIpc) is 2.84. The molecule has 0 aromatic rings. The molecule has 35 heavy (non-hydrogen) atoms. The van der Waals surface area contributed by atoms with Crippen LogP contribution in [0.25, 0.3) is 0 Å². The van der Waals surface area contributed by atoms with E-state index in [2.05, 4.69) is 20.4 Å². The molecule has 6 aliphatic rings. The van der Waals surface area contributed by atoms with E-state index >= 15 is 0 Å². The number of aliphatic hydroxyl groups is 2. The molecule has 2 spiro atoms. The zero-order chi connectivity index (χ0) is 25.7. The van der Waals surface area contributed by atoms with Crippen molar-refractivity contribution < 1.29 is 43.5 Å². The number of hydrogen-bond acceptors (Lipinski definition) is 9. The van der Waals surface area contributed by atoms with Gasteiger partial charge in [0.05, 0.1) is 12.7 Å². The third-order valence-electron chi connectivity index (χ3n) is 9.80. The van der Waals surface area contributed by atoms with E-state index in [4.69, 9.17) is 18.9 Å². The van der Waals surface area contributed by atoms with Gasteiger partial charge in [-0.15, -0.1) is 0 Å². The highest BCUT2D eigenvalue weighted by molar-refractivity contribution is 5.68. The number of carbonyl (C=O) groups is 3. The third-order valence-corrected chi connectivity index (χ3v) is 9.80. The minimum Gasteiger partial charge on any atom is -0.462 e. The van der Waals surface area contributed by atoms with Crippen molar-refractivity contribution in [1.29, 1.82) is 0 Å². The molecule has 0 aromatic heterocycles. The van der Waals surface area contributed by atoms with Crippen LogP contribution in [0, 0.1) is 34.0 Å². The highest BCUT2D eigenvalue weighted by atomic mass is 16.7. The molecule has 4 aliphatic carbocycles. The van der Waals surface area contributed by atoms with E-state index in [0.29, 0.717) is 18.4 Å². The zero-order valence-corrected chi connectivity index (χ0v) is 21.0. The Labute approximate surface area is 205 Å². The van der Waals surface area contributed by atoms with Crippen LogP contribution in [0.4, 0.5) is 0 Å². The predicted octanol–water partition coefficient (Wildman–Crippen LogP) is 1.88. The highest BCUT2D eigenvalue weighted by Crippen LogP contribution is 2.78. The first-order valence-corrected chi connectivity index (χ1v) is 12.5. The van der Waals surface area contributed by atoms with E-state index in [0.717, 1.165) is 12.8 Å². The Hall–Kier alpha value is -1.97. The summed E-state index contributed by atoms with van der Waals surface area (Å²) in [5.74, 6) is -5.38. The van der Waals surface area contributed by atoms with Crippen molar-refractivity contribution >= 4 is 17.9 Å². The number of rotatable bonds is 3. The van der Waals surface area contributed by atoms with E-state index in [-0.39, 0.29) is 17.9 Å². The Balaban J connectivity index is 1.83. The van der Waals surface area contributed by atoms with Crippen LogP contribution < -0.4 is 0 Å². The second kappa shape index (κ2) is 7.52. The Morgan fingerprint density at radius 2 is 1.63 bits per heavy atom. The largest absolute Gasteiger partial charge is 0.462 e. The molecular weight excluding hydrogens is 456 g/mol. The smallest absolute Gasteiger partial charge is 0.303 e. The molecule has 9 nitrogen and oxygen atoms in total. The number of hydrogen-bond donors (Lipinski definition) is 2. The predicted molar refractivity (Wildman–Crippen MR) is 120 cm³/mol. The molecule has 2 N–H and O–H groups in total. The molecule has 6 fully saturated rings. The molecule has 194 valence electrons. The van der Waals surface area contributed by atoms with Crippen LogP contribution in [-0.2, 0) is 33.3 Å². The van der Waals surface area contributed by atoms with Gasteiger partial charge in [0.1, 0.15) is 17.6 Å². The monoisotopic (exact) mass is 492 g/mol. The lowest BCUT2D eigenvalue weighted by Crippen LogP contribution is -2.86. The van der Waals surface area contributed by atoms with Gasteiger partial charge in [-0.3, -0.25) is 14.4 Å². The maximum Gasteiger partial charge on any atom is 0.303 e. The van der Waals surface area contributed by atoms with Crippen LogP contribution >= 0.6 is 0 Å². The van der Waals surface area contributed by atoms with E-state index in [9.17, 15) is 24.6 Å². The summed E-state index contributed by atoms with van der Waals surface area (Å²) < 4.78 is 23.8. The summed E-state index contributed by atoms with van der Waals surface area (Å²) in [6.45, 7) is 12.4. The van der Waals surface area contributed by atoms with Crippen LogP contribution in [0.3, 0.4) is 0 Å². The summed E-state index contributed by atoms with van der Waals surface area (Å²) in [6, 6.07) is 0. The lowest BCUT2D eigenvalue weighted by molar-refractivity contribution is -0.474. The van der Waals surface area contributed by atoms with Crippen molar-refractivity contribution in [3.05, 3.63) is 12.2 Å². The minimum atomic E-state index is -2.19. The molecular formula is C26H36O9. The van der Waals surface area contributed by atoms with E-state index in [1.807, 2.05) is 0 Å². The summed E-state index contributed by atoms with van der Waals surface area (Å²) >= 11 is 0. The van der Waals surface area contributed by atoms with Gasteiger partial charge >= 0.3 is 17.9 Å². The molecule has 4 saturated carbocycles. The lowest BCUT2D eigenvalue weighted by Gasteiger charge is -2.75. The van der Waals surface area contributed by atoms with Crippen molar-refractivity contribution in [1.82, 2.24) is 0 Å². The molecule has 9 heteroatoms. The molecule has 3 unspecified atom stereocenters. The molecule has 2 heterocycles. The first-order valence-electron chi connectivity index (χ1n) is 12.5. The van der Waals surface area contributed by atoms with Crippen LogP contribution in [0.2, 0.25) is 0 Å². The molecule has 0 amide bonds. The Bertz CT molecular complexity index is 989. The van der Waals surface area contributed by atoms with Crippen molar-refractivity contribution in [3.8, 4) is 0 Å². The van der Waals surface area contributed by atoms with Crippen LogP contribution in [0.5, 0.6) is 0 Å². The fourth-order valence-corrected chi connectivity index (χ4v) is 9.17. The van der Waals surface area contributed by atoms with Gasteiger partial charge in [0.25, 0.3) is 0 Å². The van der Waals surface area contributed by atoms with Crippen molar-refractivity contribution in [2.75, 3.05) is 6.61 Å². The molecule has 6 rings (SSSR count). The Morgan fingerprint density at radius 1 is 1.00 bits per heavy atom. The first kappa shape index (κ1) is 24.7. The number of carbonyl (C=O) groups excluding carboxylic acids is 3. The van der Waals surface area contributed by atoms with Gasteiger partial charge in [-0.2, -0.15) is 0 Å². The summed E-state index contributed by atoms with van der Waals surface area (Å²) in [7, 11) is 0. The summed E-state index contributed by atoms with van der Waals surface area (Å²) in [4.78, 5) is 36.9. The lowest BCUT2D eigenvalue weighted by atomic mass is 9.35. The van der Waals surface area contributed by atoms with Crippen molar-refractivity contribution in [3.63, 3.8) is 0 Å². The topological polar surface area (TPSA) is 129 Å². The Morgan fingerprint density at radius 3 is 2.23 bits per heavy atom. The van der Waals surface area contributed by atoms with E-state index in [1.165, 1.54) is 20.8 Å². The second-order valence-corrected chi connectivity index (χ2v) is 12.0. The fourth-order valence-electron chi connectivity index (χ4n) is 9.17. The first-order chi connectivity index (χ1) is 16.2. The zero-order valence-electron chi connectivity index (χ0n) is 21.0. The van der Waals surface area contributed by atoms with Crippen molar-refractivity contribution in [2.24, 2.45) is 34.0 Å². The molecule has 2 aliphatic heterocycles. The maximum absolute atomic E-state index is 12.6. The number of fused-ring (bicyclic) bond motifs is 2. The van der Waals surface area contributed by atoms with Gasteiger partial charge in [0.2, 0.25) is 5.79 Å². The summed E-state index contributed by atoms with van der Waals surface area (Å²) in [5.41, 5.74) is -2.24. The highest BCUT2D eigenvalue weighted by Gasteiger charge is 2.88. The normalized spacial score (nSPS) is 49.0. The van der Waals surface area contributed by atoms with Crippen LogP contribution in [0.15, 0.2) is 12.2 Å². The molecule has 0 radical (unpaired) electrons. The van der Waals surface area contributed by atoms with Gasteiger partial charge in [0.15, 0.2) is 6.10 Å². The average molecular weight is 493 g/mol. The molecule has 2 saturated heterocycles. The molecule has 0 aromatic carbocycles. The number of ether oxygens (including phenoxy) is 4. The van der Waals surface area contributed by atoms with Gasteiger partial charge < -0.3 is 29.2 Å². The molecule has 4 bridgehead atoms. The standard InChI is InChI=1S/C26H36O9/c1-12-16-10-17(33-13(2)27)18-24-9-7-8-23(5,6)19(24)22(35-15(4)29)26(31,32-11-24)25(18,20(16)30)21(12)34-14(3)28/h16-22,30-31H,1,7-11H2,2-6H3/t16?,17-,18?,19?,20+,21+,22-,24+,25+,26-/m0/s1. The van der Waals surface area contributed by atoms with Crippen molar-refractivity contribution in [2.45, 2.75) is 90.5 Å². The van der Waals surface area contributed by atoms with Gasteiger partial charge in [0, 0.05) is 43.9 Å². The molecule has 10 atom stereocenters.